The van der Waals surface area contributed by atoms with Gasteiger partial charge in [0.15, 0.2) is 0 Å². The van der Waals surface area contributed by atoms with Gasteiger partial charge in [0.25, 0.3) is 0 Å². The van der Waals surface area contributed by atoms with Crippen LogP contribution in [0.3, 0.4) is 0 Å². The van der Waals surface area contributed by atoms with Gasteiger partial charge in [0.1, 0.15) is 0 Å². The smallest absolute Gasteiger partial charge is 0.0409 e. The van der Waals surface area contributed by atoms with E-state index in [2.05, 4.69) is 12.1 Å². The fourth-order valence-electron chi connectivity index (χ4n) is 1.16. The van der Waals surface area contributed by atoms with Gasteiger partial charge in [0.2, 0.25) is 0 Å². The van der Waals surface area contributed by atoms with Crippen LogP contribution in [0.2, 0.25) is 5.02 Å². The maximum absolute atomic E-state index is 5.81. The largest absolute Gasteiger partial charge is 0.126 e. The van der Waals surface area contributed by atoms with Gasteiger partial charge in [-0.3, -0.25) is 0 Å². The van der Waals surface area contributed by atoms with Crippen molar-refractivity contribution in [1.29, 1.82) is 0 Å². The van der Waals surface area contributed by atoms with Crippen LogP contribution in [0.25, 0.3) is 0 Å². The molecule has 1 aromatic rings. The monoisotopic (exact) mass is 170 g/mol. The maximum atomic E-state index is 5.81. The number of aryl methyl sites for hydroxylation is 1. The van der Waals surface area contributed by atoms with Crippen molar-refractivity contribution >= 4 is 23.4 Å². The van der Waals surface area contributed by atoms with Crippen molar-refractivity contribution in [2.75, 3.05) is 5.75 Å². The first-order chi connectivity index (χ1) is 4.86. The molecule has 0 nitrogen and oxygen atoms in total. The molecule has 0 saturated carbocycles. The Morgan fingerprint density at radius 1 is 1.40 bits per heavy atom. The average molecular weight is 171 g/mol. The van der Waals surface area contributed by atoms with E-state index in [-0.39, 0.29) is 0 Å². The lowest BCUT2D eigenvalue weighted by molar-refractivity contribution is 1.15. The summed E-state index contributed by atoms with van der Waals surface area (Å²) in [7, 11) is 0. The fraction of sp³-hybridized carbons (Fsp3) is 0.250. The third kappa shape index (κ3) is 1.04. The molecule has 0 N–H and O–H groups in total. The summed E-state index contributed by atoms with van der Waals surface area (Å²) in [4.78, 5) is 1.41. The SMILES string of the molecule is Clc1ccc2c(c1)CCS2. The lowest BCUT2D eigenvalue weighted by Crippen LogP contribution is -1.78. The van der Waals surface area contributed by atoms with Gasteiger partial charge in [-0.2, -0.15) is 0 Å². The topological polar surface area (TPSA) is 0 Å². The van der Waals surface area contributed by atoms with Crippen molar-refractivity contribution in [3.05, 3.63) is 28.8 Å². The highest BCUT2D eigenvalue weighted by Gasteiger charge is 2.10. The quantitative estimate of drug-likeness (QED) is 0.577. The van der Waals surface area contributed by atoms with Gasteiger partial charge in [0, 0.05) is 15.7 Å². The Balaban J connectivity index is 2.52. The van der Waals surface area contributed by atoms with Gasteiger partial charge in [-0.05, 0) is 30.2 Å². The van der Waals surface area contributed by atoms with Crippen molar-refractivity contribution < 1.29 is 0 Å². The summed E-state index contributed by atoms with van der Waals surface area (Å²) in [5.74, 6) is 1.22. The second kappa shape index (κ2) is 2.48. The first-order valence-electron chi connectivity index (χ1n) is 3.27. The third-order valence-corrected chi connectivity index (χ3v) is 3.00. The van der Waals surface area contributed by atoms with Gasteiger partial charge < -0.3 is 0 Å². The molecule has 0 spiro atoms. The van der Waals surface area contributed by atoms with Gasteiger partial charge >= 0.3 is 0 Å². The molecule has 0 aliphatic carbocycles. The molecule has 0 fully saturated rings. The van der Waals surface area contributed by atoms with E-state index in [4.69, 9.17) is 11.6 Å². The van der Waals surface area contributed by atoms with Crippen LogP contribution >= 0.6 is 23.4 Å². The van der Waals surface area contributed by atoms with E-state index >= 15 is 0 Å². The molecule has 0 amide bonds. The molecular weight excluding hydrogens is 164 g/mol. The fourth-order valence-corrected chi connectivity index (χ4v) is 2.40. The van der Waals surface area contributed by atoms with Crippen LogP contribution in [0.4, 0.5) is 0 Å². The van der Waals surface area contributed by atoms with E-state index in [0.29, 0.717) is 0 Å². The molecule has 0 unspecified atom stereocenters. The summed E-state index contributed by atoms with van der Waals surface area (Å²) in [5.41, 5.74) is 1.41. The Morgan fingerprint density at radius 2 is 2.30 bits per heavy atom. The highest BCUT2D eigenvalue weighted by Crippen LogP contribution is 2.32. The number of rotatable bonds is 0. The zero-order valence-electron chi connectivity index (χ0n) is 5.43. The summed E-state index contributed by atoms with van der Waals surface area (Å²) in [5, 5.41) is 0.862. The van der Waals surface area contributed by atoms with Gasteiger partial charge in [-0.1, -0.05) is 11.6 Å². The highest BCUT2D eigenvalue weighted by atomic mass is 35.5. The van der Waals surface area contributed by atoms with Crippen LogP contribution in [-0.4, -0.2) is 5.75 Å². The summed E-state index contributed by atoms with van der Waals surface area (Å²) in [6.45, 7) is 0. The van der Waals surface area contributed by atoms with Crippen LogP contribution in [0.5, 0.6) is 0 Å². The number of fused-ring (bicyclic) bond motifs is 1. The zero-order valence-corrected chi connectivity index (χ0v) is 7.00. The minimum absolute atomic E-state index is 0.862. The first kappa shape index (κ1) is 6.56. The number of halogens is 1. The Labute approximate surface area is 69.6 Å². The summed E-state index contributed by atoms with van der Waals surface area (Å²) in [6.07, 6.45) is 1.18. The van der Waals surface area contributed by atoms with Crippen molar-refractivity contribution in [1.82, 2.24) is 0 Å². The Hall–Kier alpha value is -0.140. The van der Waals surface area contributed by atoms with Crippen LogP contribution in [0, 0.1) is 0 Å². The summed E-state index contributed by atoms with van der Waals surface area (Å²) in [6, 6.07) is 6.13. The molecule has 1 aromatic carbocycles. The van der Waals surface area contributed by atoms with E-state index in [1.165, 1.54) is 22.6 Å². The maximum Gasteiger partial charge on any atom is 0.0409 e. The molecule has 1 heterocycles. The molecule has 0 saturated heterocycles. The molecule has 0 radical (unpaired) electrons. The second-order valence-corrected chi connectivity index (χ2v) is 3.92. The third-order valence-electron chi connectivity index (χ3n) is 1.65. The van der Waals surface area contributed by atoms with E-state index in [9.17, 15) is 0 Å². The molecule has 1 aliphatic heterocycles. The standard InChI is InChI=1S/C8H7ClS/c9-7-1-2-8-6(5-7)3-4-10-8/h1-2,5H,3-4H2. The van der Waals surface area contributed by atoms with Crippen LogP contribution in [-0.2, 0) is 6.42 Å². The molecule has 0 bridgehead atoms. The van der Waals surface area contributed by atoms with E-state index < -0.39 is 0 Å². The predicted molar refractivity (Wildman–Crippen MR) is 45.9 cm³/mol. The Kier molecular flexibility index (Phi) is 1.63. The second-order valence-electron chi connectivity index (χ2n) is 2.35. The summed E-state index contributed by atoms with van der Waals surface area (Å²) < 4.78 is 0. The summed E-state index contributed by atoms with van der Waals surface area (Å²) >= 11 is 7.73. The Morgan fingerprint density at radius 3 is 3.20 bits per heavy atom. The predicted octanol–water partition coefficient (Wildman–Crippen LogP) is 2.99. The van der Waals surface area contributed by atoms with E-state index in [1.54, 1.807) is 0 Å². The molecule has 2 heteroatoms. The van der Waals surface area contributed by atoms with Crippen molar-refractivity contribution in [3.8, 4) is 0 Å². The zero-order chi connectivity index (χ0) is 6.97. The normalized spacial score (nSPS) is 15.3. The number of benzene rings is 1. The van der Waals surface area contributed by atoms with Gasteiger partial charge in [-0.25, -0.2) is 0 Å². The van der Waals surface area contributed by atoms with Crippen molar-refractivity contribution in [2.45, 2.75) is 11.3 Å². The minimum atomic E-state index is 0.862. The minimum Gasteiger partial charge on any atom is -0.126 e. The number of hydrogen-bond acceptors (Lipinski definition) is 1. The molecule has 0 aromatic heterocycles. The molecule has 1 aliphatic rings. The number of hydrogen-bond donors (Lipinski definition) is 0. The molecule has 10 heavy (non-hydrogen) atoms. The first-order valence-corrected chi connectivity index (χ1v) is 4.64. The van der Waals surface area contributed by atoms with Crippen LogP contribution in [0.1, 0.15) is 5.56 Å². The number of thioether (sulfide) groups is 1. The molecule has 52 valence electrons. The van der Waals surface area contributed by atoms with Crippen LogP contribution in [0.15, 0.2) is 23.1 Å². The lowest BCUT2D eigenvalue weighted by Gasteiger charge is -1.95. The van der Waals surface area contributed by atoms with Gasteiger partial charge in [-0.15, -0.1) is 11.8 Å². The molecule has 2 rings (SSSR count). The van der Waals surface area contributed by atoms with E-state index in [0.717, 1.165) is 5.02 Å². The van der Waals surface area contributed by atoms with Crippen LogP contribution < -0.4 is 0 Å². The average Bonchev–Trinajstić information content (AvgIpc) is 2.33. The van der Waals surface area contributed by atoms with E-state index in [1.807, 2.05) is 17.8 Å². The molecule has 0 atom stereocenters. The highest BCUT2D eigenvalue weighted by molar-refractivity contribution is 7.99. The molecular formula is C8H7ClS. The van der Waals surface area contributed by atoms with Crippen molar-refractivity contribution in [2.24, 2.45) is 0 Å². The van der Waals surface area contributed by atoms with Crippen molar-refractivity contribution in [3.63, 3.8) is 0 Å². The lowest BCUT2D eigenvalue weighted by atomic mass is 10.2. The van der Waals surface area contributed by atoms with Gasteiger partial charge in [0.05, 0.1) is 0 Å². The Bertz CT molecular complexity index is 257.